The Labute approximate surface area is 134 Å². The van der Waals surface area contributed by atoms with Crippen molar-refractivity contribution in [1.29, 1.82) is 0 Å². The summed E-state index contributed by atoms with van der Waals surface area (Å²) in [6.07, 6.45) is 1.59. The summed E-state index contributed by atoms with van der Waals surface area (Å²) in [5, 5.41) is 0. The standard InChI is InChI=1S/C17H22BrNO2/c1-16(2,3)11-19-14-10-12(18)4-5-13(14)17(15(19)20)6-8-21-9-7-17/h4-5,10H,6-9,11H2,1-3H3. The third kappa shape index (κ3) is 2.53. The fourth-order valence-electron chi connectivity index (χ4n) is 3.45. The first kappa shape index (κ1) is 15.0. The molecule has 1 amide bonds. The minimum absolute atomic E-state index is 0.0753. The number of hydrogen-bond acceptors (Lipinski definition) is 2. The average Bonchev–Trinajstić information content (AvgIpc) is 2.61. The summed E-state index contributed by atoms with van der Waals surface area (Å²) in [7, 11) is 0. The number of carbonyl (C=O) groups excluding carboxylic acids is 1. The summed E-state index contributed by atoms with van der Waals surface area (Å²) in [5.74, 6) is 0.258. The summed E-state index contributed by atoms with van der Waals surface area (Å²) in [6.45, 7) is 8.61. The fourth-order valence-corrected chi connectivity index (χ4v) is 3.80. The molecule has 0 aliphatic carbocycles. The van der Waals surface area contributed by atoms with E-state index in [0.29, 0.717) is 13.2 Å². The first-order valence-electron chi connectivity index (χ1n) is 7.53. The molecular weight excluding hydrogens is 330 g/mol. The van der Waals surface area contributed by atoms with E-state index in [1.807, 2.05) is 11.0 Å². The zero-order valence-electron chi connectivity index (χ0n) is 12.9. The quantitative estimate of drug-likeness (QED) is 0.767. The van der Waals surface area contributed by atoms with E-state index in [4.69, 9.17) is 4.74 Å². The van der Waals surface area contributed by atoms with Gasteiger partial charge in [0.15, 0.2) is 0 Å². The van der Waals surface area contributed by atoms with Crippen LogP contribution in [-0.4, -0.2) is 25.7 Å². The van der Waals surface area contributed by atoms with Gasteiger partial charge in [-0.1, -0.05) is 42.8 Å². The number of anilines is 1. The van der Waals surface area contributed by atoms with Crippen molar-refractivity contribution in [3.63, 3.8) is 0 Å². The van der Waals surface area contributed by atoms with Gasteiger partial charge in [-0.15, -0.1) is 0 Å². The molecule has 4 heteroatoms. The Bertz CT molecular complexity index is 571. The molecule has 2 heterocycles. The molecule has 114 valence electrons. The van der Waals surface area contributed by atoms with E-state index in [2.05, 4.69) is 48.8 Å². The van der Waals surface area contributed by atoms with Crippen LogP contribution in [0.15, 0.2) is 22.7 Å². The monoisotopic (exact) mass is 351 g/mol. The third-order valence-corrected chi connectivity index (χ3v) is 4.89. The zero-order chi connectivity index (χ0) is 15.3. The van der Waals surface area contributed by atoms with Crippen LogP contribution in [-0.2, 0) is 14.9 Å². The summed E-state index contributed by atoms with van der Waals surface area (Å²) >= 11 is 3.54. The second kappa shape index (κ2) is 5.10. The van der Waals surface area contributed by atoms with E-state index in [0.717, 1.165) is 29.5 Å². The maximum absolute atomic E-state index is 13.2. The van der Waals surface area contributed by atoms with E-state index < -0.39 is 0 Å². The maximum Gasteiger partial charge on any atom is 0.237 e. The molecule has 3 nitrogen and oxygen atoms in total. The van der Waals surface area contributed by atoms with Gasteiger partial charge in [-0.05, 0) is 36.0 Å². The van der Waals surface area contributed by atoms with Gasteiger partial charge in [-0.2, -0.15) is 0 Å². The molecule has 2 aliphatic heterocycles. The minimum Gasteiger partial charge on any atom is -0.381 e. The Balaban J connectivity index is 2.09. The molecule has 1 aromatic rings. The van der Waals surface area contributed by atoms with Gasteiger partial charge in [-0.25, -0.2) is 0 Å². The van der Waals surface area contributed by atoms with Gasteiger partial charge in [0.1, 0.15) is 0 Å². The van der Waals surface area contributed by atoms with Gasteiger partial charge in [0.05, 0.1) is 5.41 Å². The first-order chi connectivity index (χ1) is 9.83. The second-order valence-electron chi connectivity index (χ2n) is 7.31. The number of rotatable bonds is 1. The fraction of sp³-hybridized carbons (Fsp3) is 0.588. The number of benzene rings is 1. The Morgan fingerprint density at radius 1 is 1.29 bits per heavy atom. The number of nitrogens with zero attached hydrogens (tertiary/aromatic N) is 1. The van der Waals surface area contributed by atoms with Crippen LogP contribution in [0.1, 0.15) is 39.2 Å². The first-order valence-corrected chi connectivity index (χ1v) is 8.33. The molecule has 3 rings (SSSR count). The molecule has 0 unspecified atom stereocenters. The Morgan fingerprint density at radius 2 is 1.95 bits per heavy atom. The maximum atomic E-state index is 13.2. The lowest BCUT2D eigenvalue weighted by Gasteiger charge is -2.33. The number of fused-ring (bicyclic) bond motifs is 2. The SMILES string of the molecule is CC(C)(C)CN1C(=O)C2(CCOCC2)c2ccc(Br)cc21. The molecule has 0 radical (unpaired) electrons. The minimum atomic E-state index is -0.362. The van der Waals surface area contributed by atoms with Gasteiger partial charge in [0.2, 0.25) is 5.91 Å². The molecule has 1 saturated heterocycles. The Kier molecular flexibility index (Phi) is 3.65. The van der Waals surface area contributed by atoms with Crippen molar-refractivity contribution in [3.05, 3.63) is 28.2 Å². The van der Waals surface area contributed by atoms with Crippen LogP contribution in [0.5, 0.6) is 0 Å². The molecule has 0 N–H and O–H groups in total. The summed E-state index contributed by atoms with van der Waals surface area (Å²) < 4.78 is 6.52. The van der Waals surface area contributed by atoms with Crippen LogP contribution in [0.4, 0.5) is 5.69 Å². The predicted molar refractivity (Wildman–Crippen MR) is 87.7 cm³/mol. The van der Waals surface area contributed by atoms with Crippen LogP contribution < -0.4 is 4.90 Å². The smallest absolute Gasteiger partial charge is 0.237 e. The number of ether oxygens (including phenoxy) is 1. The molecule has 0 aromatic heterocycles. The van der Waals surface area contributed by atoms with Crippen molar-refractivity contribution >= 4 is 27.5 Å². The highest BCUT2D eigenvalue weighted by molar-refractivity contribution is 9.10. The second-order valence-corrected chi connectivity index (χ2v) is 8.22. The summed E-state index contributed by atoms with van der Waals surface area (Å²) in [4.78, 5) is 15.2. The van der Waals surface area contributed by atoms with E-state index in [9.17, 15) is 4.79 Å². The number of amides is 1. The predicted octanol–water partition coefficient (Wildman–Crippen LogP) is 3.89. The van der Waals surface area contributed by atoms with Gasteiger partial charge in [0, 0.05) is 29.9 Å². The van der Waals surface area contributed by atoms with E-state index in [-0.39, 0.29) is 16.7 Å². The molecule has 2 aliphatic rings. The summed E-state index contributed by atoms with van der Waals surface area (Å²) in [6, 6.07) is 6.25. The lowest BCUT2D eigenvalue weighted by molar-refractivity contribution is -0.126. The molecule has 1 spiro atoms. The Hall–Kier alpha value is -0.870. The van der Waals surface area contributed by atoms with Crippen LogP contribution in [0.2, 0.25) is 0 Å². The Morgan fingerprint density at radius 3 is 2.57 bits per heavy atom. The number of halogens is 1. The van der Waals surface area contributed by atoms with E-state index in [1.165, 1.54) is 5.56 Å². The zero-order valence-corrected chi connectivity index (χ0v) is 14.5. The van der Waals surface area contributed by atoms with Crippen molar-refractivity contribution in [2.24, 2.45) is 5.41 Å². The van der Waals surface area contributed by atoms with Crippen LogP contribution in [0.3, 0.4) is 0 Å². The molecule has 1 aromatic carbocycles. The topological polar surface area (TPSA) is 29.5 Å². The van der Waals surface area contributed by atoms with Crippen molar-refractivity contribution in [1.82, 2.24) is 0 Å². The van der Waals surface area contributed by atoms with Gasteiger partial charge >= 0.3 is 0 Å². The third-order valence-electron chi connectivity index (χ3n) is 4.40. The van der Waals surface area contributed by atoms with Crippen LogP contribution in [0.25, 0.3) is 0 Å². The van der Waals surface area contributed by atoms with Crippen LogP contribution >= 0.6 is 15.9 Å². The van der Waals surface area contributed by atoms with Crippen molar-refractivity contribution in [3.8, 4) is 0 Å². The summed E-state index contributed by atoms with van der Waals surface area (Å²) in [5.41, 5.74) is 1.97. The normalized spacial score (nSPS) is 21.0. The highest BCUT2D eigenvalue weighted by atomic mass is 79.9. The van der Waals surface area contributed by atoms with Crippen molar-refractivity contribution in [2.45, 2.75) is 39.0 Å². The lowest BCUT2D eigenvalue weighted by Crippen LogP contribution is -2.46. The average molecular weight is 352 g/mol. The van der Waals surface area contributed by atoms with Crippen molar-refractivity contribution < 1.29 is 9.53 Å². The molecule has 0 bridgehead atoms. The molecular formula is C17H22BrNO2. The molecule has 1 fully saturated rings. The highest BCUT2D eigenvalue weighted by Crippen LogP contribution is 2.49. The lowest BCUT2D eigenvalue weighted by atomic mass is 9.75. The van der Waals surface area contributed by atoms with Crippen molar-refractivity contribution in [2.75, 3.05) is 24.7 Å². The number of hydrogen-bond donors (Lipinski definition) is 0. The van der Waals surface area contributed by atoms with E-state index >= 15 is 0 Å². The van der Waals surface area contributed by atoms with Crippen LogP contribution in [0, 0.1) is 5.41 Å². The highest BCUT2D eigenvalue weighted by Gasteiger charge is 2.51. The number of carbonyl (C=O) groups is 1. The van der Waals surface area contributed by atoms with Gasteiger partial charge in [0.25, 0.3) is 0 Å². The van der Waals surface area contributed by atoms with Gasteiger partial charge in [-0.3, -0.25) is 4.79 Å². The molecule has 0 atom stereocenters. The largest absolute Gasteiger partial charge is 0.381 e. The van der Waals surface area contributed by atoms with Gasteiger partial charge < -0.3 is 9.64 Å². The van der Waals surface area contributed by atoms with E-state index in [1.54, 1.807) is 0 Å². The molecule has 21 heavy (non-hydrogen) atoms. The molecule has 0 saturated carbocycles.